The highest BCUT2D eigenvalue weighted by atomic mass is 15.2. The SMILES string of the molecule is Cc1cccc(CN2CC3(CCCCC3)NCCC2C)n1. The van der Waals surface area contributed by atoms with Crippen LogP contribution >= 0.6 is 0 Å². The van der Waals surface area contributed by atoms with Gasteiger partial charge in [-0.3, -0.25) is 9.88 Å². The Kier molecular flexibility index (Phi) is 4.60. The molecule has 3 heteroatoms. The van der Waals surface area contributed by atoms with Gasteiger partial charge in [-0.1, -0.05) is 25.3 Å². The van der Waals surface area contributed by atoms with Crippen molar-refractivity contribution in [2.24, 2.45) is 0 Å². The Morgan fingerprint density at radius 2 is 2.10 bits per heavy atom. The lowest BCUT2D eigenvalue weighted by Gasteiger charge is -2.41. The first-order valence-electron chi connectivity index (χ1n) is 8.59. The fourth-order valence-electron chi connectivity index (χ4n) is 4.00. The molecule has 1 N–H and O–H groups in total. The molecular formula is C18H29N3. The van der Waals surface area contributed by atoms with Gasteiger partial charge >= 0.3 is 0 Å². The highest BCUT2D eigenvalue weighted by molar-refractivity contribution is 5.10. The summed E-state index contributed by atoms with van der Waals surface area (Å²) in [7, 11) is 0. The van der Waals surface area contributed by atoms with Crippen LogP contribution in [0.2, 0.25) is 0 Å². The van der Waals surface area contributed by atoms with Crippen LogP contribution in [0.3, 0.4) is 0 Å². The summed E-state index contributed by atoms with van der Waals surface area (Å²) >= 11 is 0. The maximum atomic E-state index is 4.70. The summed E-state index contributed by atoms with van der Waals surface area (Å²) in [5, 5.41) is 3.89. The second-order valence-electron chi connectivity index (χ2n) is 7.08. The van der Waals surface area contributed by atoms with Gasteiger partial charge in [0.2, 0.25) is 0 Å². The molecule has 0 bridgehead atoms. The van der Waals surface area contributed by atoms with Crippen molar-refractivity contribution >= 4 is 0 Å². The summed E-state index contributed by atoms with van der Waals surface area (Å²) in [4.78, 5) is 7.36. The number of nitrogens with one attached hydrogen (secondary N) is 1. The maximum absolute atomic E-state index is 4.70. The summed E-state index contributed by atoms with van der Waals surface area (Å²) in [5.41, 5.74) is 2.71. The second kappa shape index (κ2) is 6.45. The summed E-state index contributed by atoms with van der Waals surface area (Å²) < 4.78 is 0. The molecule has 0 radical (unpaired) electrons. The first kappa shape index (κ1) is 15.0. The van der Waals surface area contributed by atoms with Crippen molar-refractivity contribution in [2.75, 3.05) is 13.1 Å². The minimum absolute atomic E-state index is 0.368. The van der Waals surface area contributed by atoms with Gasteiger partial charge in [-0.2, -0.15) is 0 Å². The van der Waals surface area contributed by atoms with Crippen molar-refractivity contribution in [1.29, 1.82) is 0 Å². The summed E-state index contributed by atoms with van der Waals surface area (Å²) in [6, 6.07) is 7.03. The molecule has 1 saturated carbocycles. The minimum Gasteiger partial charge on any atom is -0.310 e. The van der Waals surface area contributed by atoms with E-state index in [1.165, 1.54) is 57.3 Å². The third kappa shape index (κ3) is 3.64. The van der Waals surface area contributed by atoms with Crippen molar-refractivity contribution in [1.82, 2.24) is 15.2 Å². The van der Waals surface area contributed by atoms with E-state index in [0.717, 1.165) is 12.2 Å². The molecule has 1 aromatic heterocycles. The Morgan fingerprint density at radius 1 is 1.29 bits per heavy atom. The normalized spacial score (nSPS) is 26.7. The highest BCUT2D eigenvalue weighted by Gasteiger charge is 2.36. The third-order valence-electron chi connectivity index (χ3n) is 5.31. The highest BCUT2D eigenvalue weighted by Crippen LogP contribution is 2.31. The molecule has 2 fully saturated rings. The minimum atomic E-state index is 0.368. The van der Waals surface area contributed by atoms with Crippen LogP contribution in [0, 0.1) is 6.92 Å². The average Bonchev–Trinajstić information content (AvgIpc) is 2.60. The van der Waals surface area contributed by atoms with Gasteiger partial charge in [-0.25, -0.2) is 0 Å². The van der Waals surface area contributed by atoms with Gasteiger partial charge in [0, 0.05) is 30.4 Å². The second-order valence-corrected chi connectivity index (χ2v) is 7.08. The van der Waals surface area contributed by atoms with Gasteiger partial charge in [-0.15, -0.1) is 0 Å². The van der Waals surface area contributed by atoms with E-state index in [0.29, 0.717) is 11.6 Å². The fraction of sp³-hybridized carbons (Fsp3) is 0.722. The van der Waals surface area contributed by atoms with Crippen LogP contribution in [-0.2, 0) is 6.54 Å². The van der Waals surface area contributed by atoms with Crippen LogP contribution < -0.4 is 5.32 Å². The van der Waals surface area contributed by atoms with Gasteiger partial charge in [0.15, 0.2) is 0 Å². The van der Waals surface area contributed by atoms with Gasteiger partial charge in [0.25, 0.3) is 0 Å². The van der Waals surface area contributed by atoms with Gasteiger partial charge in [0.1, 0.15) is 0 Å². The number of aromatic nitrogens is 1. The van der Waals surface area contributed by atoms with Gasteiger partial charge in [0.05, 0.1) is 5.69 Å². The molecule has 116 valence electrons. The van der Waals surface area contributed by atoms with Crippen molar-refractivity contribution < 1.29 is 0 Å². The van der Waals surface area contributed by atoms with Crippen LogP contribution in [0.25, 0.3) is 0 Å². The largest absolute Gasteiger partial charge is 0.310 e. The Balaban J connectivity index is 1.74. The molecule has 2 aliphatic rings. The topological polar surface area (TPSA) is 28.2 Å². The molecule has 1 atom stereocenters. The maximum Gasteiger partial charge on any atom is 0.0547 e. The molecule has 1 spiro atoms. The zero-order chi connectivity index (χ0) is 14.7. The summed E-state index contributed by atoms with van der Waals surface area (Å²) in [6.07, 6.45) is 8.12. The zero-order valence-corrected chi connectivity index (χ0v) is 13.6. The Bertz CT molecular complexity index is 465. The molecule has 0 aromatic carbocycles. The van der Waals surface area contributed by atoms with Crippen LogP contribution in [0.15, 0.2) is 18.2 Å². The van der Waals surface area contributed by atoms with Crippen LogP contribution in [0.4, 0.5) is 0 Å². The molecule has 1 unspecified atom stereocenters. The van der Waals surface area contributed by atoms with Crippen LogP contribution in [0.1, 0.15) is 56.8 Å². The monoisotopic (exact) mass is 287 g/mol. The Morgan fingerprint density at radius 3 is 2.86 bits per heavy atom. The molecular weight excluding hydrogens is 258 g/mol. The van der Waals surface area contributed by atoms with E-state index in [1.54, 1.807) is 0 Å². The number of nitrogens with zero attached hydrogens (tertiary/aromatic N) is 2. The lowest BCUT2D eigenvalue weighted by atomic mass is 9.81. The van der Waals surface area contributed by atoms with Crippen molar-refractivity contribution in [3.05, 3.63) is 29.6 Å². The van der Waals surface area contributed by atoms with E-state index in [2.05, 4.69) is 42.3 Å². The van der Waals surface area contributed by atoms with E-state index in [4.69, 9.17) is 4.98 Å². The molecule has 1 aliphatic heterocycles. The van der Waals surface area contributed by atoms with Crippen LogP contribution in [0.5, 0.6) is 0 Å². The smallest absolute Gasteiger partial charge is 0.0547 e. The number of hydrogen-bond donors (Lipinski definition) is 1. The van der Waals surface area contributed by atoms with E-state index in [-0.39, 0.29) is 0 Å². The standard InChI is InChI=1S/C18H29N3/c1-15-7-6-8-17(20-15)13-21-14-18(10-4-3-5-11-18)19-12-9-16(21)2/h6-8,16,19H,3-5,9-14H2,1-2H3. The Hall–Kier alpha value is -0.930. The zero-order valence-electron chi connectivity index (χ0n) is 13.6. The third-order valence-corrected chi connectivity index (χ3v) is 5.31. The van der Waals surface area contributed by atoms with E-state index in [1.807, 2.05) is 0 Å². The predicted molar refractivity (Wildman–Crippen MR) is 87.3 cm³/mol. The molecule has 0 amide bonds. The van der Waals surface area contributed by atoms with Gasteiger partial charge in [-0.05, 0) is 51.8 Å². The number of pyridine rings is 1. The van der Waals surface area contributed by atoms with E-state index < -0.39 is 0 Å². The molecule has 3 nitrogen and oxygen atoms in total. The fourth-order valence-corrected chi connectivity index (χ4v) is 4.00. The lowest BCUT2D eigenvalue weighted by molar-refractivity contribution is 0.130. The molecule has 1 aromatic rings. The quantitative estimate of drug-likeness (QED) is 0.905. The average molecular weight is 287 g/mol. The predicted octanol–water partition coefficient (Wildman–Crippen LogP) is 3.28. The molecule has 1 saturated heterocycles. The number of rotatable bonds is 2. The summed E-state index contributed by atoms with van der Waals surface area (Å²) in [6.45, 7) is 7.80. The summed E-state index contributed by atoms with van der Waals surface area (Å²) in [5.74, 6) is 0. The van der Waals surface area contributed by atoms with Crippen molar-refractivity contribution in [3.8, 4) is 0 Å². The van der Waals surface area contributed by atoms with Gasteiger partial charge < -0.3 is 5.32 Å². The number of hydrogen-bond acceptors (Lipinski definition) is 3. The van der Waals surface area contributed by atoms with Crippen molar-refractivity contribution in [2.45, 2.75) is 70.5 Å². The molecule has 3 rings (SSSR count). The molecule has 2 heterocycles. The first-order chi connectivity index (χ1) is 10.2. The van der Waals surface area contributed by atoms with E-state index >= 15 is 0 Å². The first-order valence-corrected chi connectivity index (χ1v) is 8.59. The molecule has 1 aliphatic carbocycles. The van der Waals surface area contributed by atoms with E-state index in [9.17, 15) is 0 Å². The Labute approximate surface area is 129 Å². The van der Waals surface area contributed by atoms with Crippen LogP contribution in [-0.4, -0.2) is 34.6 Å². The molecule has 21 heavy (non-hydrogen) atoms. The van der Waals surface area contributed by atoms with Crippen molar-refractivity contribution in [3.63, 3.8) is 0 Å². The lowest BCUT2D eigenvalue weighted by Crippen LogP contribution is -2.53. The number of aryl methyl sites for hydroxylation is 1.